The highest BCUT2D eigenvalue weighted by atomic mass is 16.4. The number of aromatic nitrogens is 2. The number of rotatable bonds is 15. The summed E-state index contributed by atoms with van der Waals surface area (Å²) in [6, 6.07) is -0.963. The first-order valence-electron chi connectivity index (χ1n) is 11.2. The molecule has 0 bridgehead atoms. The zero-order valence-corrected chi connectivity index (χ0v) is 18.7. The number of nitrogens with zero attached hydrogens (tertiary/aromatic N) is 2. The lowest BCUT2D eigenvalue weighted by Crippen LogP contribution is -2.50. The quantitative estimate of drug-likeness (QED) is 0.446. The summed E-state index contributed by atoms with van der Waals surface area (Å²) in [7, 11) is 0. The second kappa shape index (κ2) is 16.5. The predicted octanol–water partition coefficient (Wildman–Crippen LogP) is 3.03. The van der Waals surface area contributed by atoms with Gasteiger partial charge < -0.3 is 25.1 Å². The third-order valence-electron chi connectivity index (χ3n) is 5.24. The number of hydrogen-bond donors (Lipinski definition) is 2. The Morgan fingerprint density at radius 1 is 1.00 bits per heavy atom. The second-order valence-corrected chi connectivity index (χ2v) is 7.86. The minimum atomic E-state index is -1.25. The molecule has 1 unspecified atom stereocenters. The van der Waals surface area contributed by atoms with Gasteiger partial charge in [-0.1, -0.05) is 53.4 Å². The van der Waals surface area contributed by atoms with Gasteiger partial charge in [0.25, 0.3) is 0 Å². The van der Waals surface area contributed by atoms with Crippen LogP contribution in [0.1, 0.15) is 84.8 Å². The van der Waals surface area contributed by atoms with E-state index >= 15 is 0 Å². The van der Waals surface area contributed by atoms with Gasteiger partial charge in [-0.3, -0.25) is 0 Å². The van der Waals surface area contributed by atoms with Gasteiger partial charge in [-0.25, -0.2) is 4.98 Å². The number of carbonyl (C=O) groups is 1. The Morgan fingerprint density at radius 3 is 1.71 bits per heavy atom. The SMILES string of the molecule is CCCC[N+](CCCC)(CCCC)CCCC.NC(Cc1cnc[nH]1)C(=O)[O-]. The zero-order valence-electron chi connectivity index (χ0n) is 18.7. The molecule has 0 fully saturated rings. The van der Waals surface area contributed by atoms with Gasteiger partial charge in [0.2, 0.25) is 0 Å². The van der Waals surface area contributed by atoms with Crippen molar-refractivity contribution in [2.75, 3.05) is 26.2 Å². The number of carbonyl (C=O) groups excluding carboxylic acids is 1. The van der Waals surface area contributed by atoms with Gasteiger partial charge in [-0.2, -0.15) is 0 Å². The highest BCUT2D eigenvalue weighted by Gasteiger charge is 2.24. The Morgan fingerprint density at radius 2 is 1.43 bits per heavy atom. The molecule has 3 N–H and O–H groups in total. The topological polar surface area (TPSA) is 94.8 Å². The molecule has 0 aliphatic carbocycles. The lowest BCUT2D eigenvalue weighted by Gasteiger charge is -2.39. The average molecular weight is 397 g/mol. The summed E-state index contributed by atoms with van der Waals surface area (Å²) >= 11 is 0. The Balaban J connectivity index is 0.000000567. The van der Waals surface area contributed by atoms with Crippen LogP contribution in [0.25, 0.3) is 0 Å². The summed E-state index contributed by atoms with van der Waals surface area (Å²) in [5.41, 5.74) is 5.89. The van der Waals surface area contributed by atoms with E-state index in [9.17, 15) is 9.90 Å². The third-order valence-corrected chi connectivity index (χ3v) is 5.24. The molecule has 1 aromatic rings. The van der Waals surface area contributed by atoms with Gasteiger partial charge in [0, 0.05) is 24.4 Å². The van der Waals surface area contributed by atoms with Gasteiger partial charge in [-0.05, 0) is 25.7 Å². The Hall–Kier alpha value is -1.40. The molecule has 1 rings (SSSR count). The van der Waals surface area contributed by atoms with Crippen LogP contribution < -0.4 is 10.8 Å². The van der Waals surface area contributed by atoms with Crippen molar-refractivity contribution in [3.8, 4) is 0 Å². The number of carboxylic acid groups (broad SMARTS) is 1. The molecular weight excluding hydrogens is 352 g/mol. The number of H-pyrrole nitrogens is 1. The average Bonchev–Trinajstić information content (AvgIpc) is 3.20. The van der Waals surface area contributed by atoms with Gasteiger partial charge in [0.05, 0.1) is 38.5 Å². The van der Waals surface area contributed by atoms with Crippen molar-refractivity contribution < 1.29 is 14.4 Å². The molecule has 0 radical (unpaired) electrons. The zero-order chi connectivity index (χ0) is 21.3. The van der Waals surface area contributed by atoms with E-state index in [0.29, 0.717) is 5.69 Å². The minimum Gasteiger partial charge on any atom is -0.548 e. The number of aliphatic carboxylic acids is 1. The third kappa shape index (κ3) is 12.1. The van der Waals surface area contributed by atoms with E-state index in [1.807, 2.05) is 0 Å². The van der Waals surface area contributed by atoms with Crippen LogP contribution in [0.5, 0.6) is 0 Å². The van der Waals surface area contributed by atoms with E-state index in [0.717, 1.165) is 0 Å². The maximum atomic E-state index is 10.2. The molecule has 0 aliphatic rings. The van der Waals surface area contributed by atoms with Crippen LogP contribution in [-0.4, -0.2) is 52.6 Å². The Kier molecular flexibility index (Phi) is 15.7. The van der Waals surface area contributed by atoms with Crippen LogP contribution in [0.3, 0.4) is 0 Å². The fourth-order valence-electron chi connectivity index (χ4n) is 3.36. The maximum absolute atomic E-state index is 10.2. The first kappa shape index (κ1) is 26.6. The summed E-state index contributed by atoms with van der Waals surface area (Å²) in [5.74, 6) is -1.25. The van der Waals surface area contributed by atoms with Crippen LogP contribution in [0.4, 0.5) is 0 Å². The molecule has 0 spiro atoms. The smallest absolute Gasteiger partial charge is 0.0921 e. The van der Waals surface area contributed by atoms with Crippen molar-refractivity contribution in [2.24, 2.45) is 5.73 Å². The van der Waals surface area contributed by atoms with Gasteiger partial charge in [0.15, 0.2) is 0 Å². The first-order chi connectivity index (χ1) is 13.4. The molecule has 0 saturated carbocycles. The highest BCUT2D eigenvalue weighted by Crippen LogP contribution is 2.16. The van der Waals surface area contributed by atoms with Gasteiger partial charge >= 0.3 is 0 Å². The van der Waals surface area contributed by atoms with Crippen LogP contribution in [0, 0.1) is 0 Å². The van der Waals surface area contributed by atoms with E-state index in [2.05, 4.69) is 37.7 Å². The lowest BCUT2D eigenvalue weighted by molar-refractivity contribution is -0.929. The van der Waals surface area contributed by atoms with E-state index in [4.69, 9.17) is 5.73 Å². The number of nitrogens with two attached hydrogens (primary N) is 1. The molecule has 0 aliphatic heterocycles. The summed E-state index contributed by atoms with van der Waals surface area (Å²) < 4.78 is 1.42. The molecule has 6 nitrogen and oxygen atoms in total. The Bertz CT molecular complexity index is 439. The number of imidazole rings is 1. The molecule has 1 atom stereocenters. The van der Waals surface area contributed by atoms with E-state index < -0.39 is 12.0 Å². The number of quaternary nitrogens is 1. The van der Waals surface area contributed by atoms with Crippen LogP contribution in [-0.2, 0) is 11.2 Å². The second-order valence-electron chi connectivity index (χ2n) is 7.86. The molecule has 0 saturated heterocycles. The highest BCUT2D eigenvalue weighted by molar-refractivity contribution is 5.71. The minimum absolute atomic E-state index is 0.225. The van der Waals surface area contributed by atoms with Crippen molar-refractivity contribution in [2.45, 2.75) is 91.5 Å². The van der Waals surface area contributed by atoms with E-state index in [-0.39, 0.29) is 6.42 Å². The van der Waals surface area contributed by atoms with Crippen molar-refractivity contribution in [1.82, 2.24) is 9.97 Å². The first-order valence-corrected chi connectivity index (χ1v) is 11.2. The lowest BCUT2D eigenvalue weighted by atomic mass is 10.1. The molecule has 0 aromatic carbocycles. The summed E-state index contributed by atoms with van der Waals surface area (Å²) in [6.45, 7) is 15.0. The van der Waals surface area contributed by atoms with Crippen molar-refractivity contribution in [3.05, 3.63) is 18.2 Å². The Labute approximate surface area is 172 Å². The fourth-order valence-corrected chi connectivity index (χ4v) is 3.36. The molecule has 1 aromatic heterocycles. The number of hydrogen-bond acceptors (Lipinski definition) is 4. The largest absolute Gasteiger partial charge is 0.548 e. The number of carboxylic acids is 1. The van der Waals surface area contributed by atoms with Crippen molar-refractivity contribution in [1.29, 1.82) is 0 Å². The van der Waals surface area contributed by atoms with Gasteiger partial charge in [0.1, 0.15) is 0 Å². The predicted molar refractivity (Wildman–Crippen MR) is 115 cm³/mol. The molecule has 28 heavy (non-hydrogen) atoms. The number of nitrogens with one attached hydrogen (secondary N) is 1. The molecule has 0 amide bonds. The van der Waals surface area contributed by atoms with E-state index in [1.54, 1.807) is 0 Å². The normalized spacial score (nSPS) is 12.3. The molecule has 6 heteroatoms. The molecule has 1 heterocycles. The monoisotopic (exact) mass is 396 g/mol. The number of unbranched alkanes of at least 4 members (excludes halogenated alkanes) is 4. The van der Waals surface area contributed by atoms with Crippen LogP contribution >= 0.6 is 0 Å². The summed E-state index contributed by atoms with van der Waals surface area (Å²) in [6.07, 6.45) is 14.3. The maximum Gasteiger partial charge on any atom is 0.0921 e. The molecule has 164 valence electrons. The van der Waals surface area contributed by atoms with E-state index in [1.165, 1.54) is 94.6 Å². The number of aromatic amines is 1. The fraction of sp³-hybridized carbons (Fsp3) is 0.818. The summed E-state index contributed by atoms with van der Waals surface area (Å²) in [4.78, 5) is 16.6. The van der Waals surface area contributed by atoms with Crippen LogP contribution in [0.15, 0.2) is 12.5 Å². The standard InChI is InChI=1S/C16H36N.C6H9N3O2/c1-5-9-13-17(14-10-6-2,15-11-7-3)16-12-8-4;7-5(6(10)11)1-4-2-8-3-9-4/h5-16H2,1-4H3;2-3,5H,1,7H2,(H,8,9)(H,10,11)/q+1;/p-1. The van der Waals surface area contributed by atoms with Crippen molar-refractivity contribution in [3.63, 3.8) is 0 Å². The van der Waals surface area contributed by atoms with Crippen molar-refractivity contribution >= 4 is 5.97 Å². The van der Waals surface area contributed by atoms with Crippen LogP contribution in [0.2, 0.25) is 0 Å². The van der Waals surface area contributed by atoms with Gasteiger partial charge in [-0.15, -0.1) is 0 Å². The molecular formula is C22H44N4O2. The summed E-state index contributed by atoms with van der Waals surface area (Å²) in [5, 5.41) is 10.2.